The summed E-state index contributed by atoms with van der Waals surface area (Å²) in [5.41, 5.74) is 2.12. The second-order valence-electron chi connectivity index (χ2n) is 5.12. The van der Waals surface area contributed by atoms with Crippen molar-refractivity contribution >= 4 is 17.7 Å². The number of rotatable bonds is 7. The number of aromatic nitrogens is 2. The highest BCUT2D eigenvalue weighted by atomic mass is 32.2. The van der Waals surface area contributed by atoms with Gasteiger partial charge >= 0.3 is 0 Å². The van der Waals surface area contributed by atoms with Gasteiger partial charge in [-0.15, -0.1) is 11.8 Å². The van der Waals surface area contributed by atoms with Crippen molar-refractivity contribution in [3.05, 3.63) is 47.8 Å². The molecule has 0 saturated carbocycles. The largest absolute Gasteiger partial charge is 0.354 e. The van der Waals surface area contributed by atoms with Gasteiger partial charge in [-0.1, -0.05) is 17.7 Å². The van der Waals surface area contributed by atoms with Crippen molar-refractivity contribution in [1.82, 2.24) is 20.4 Å². The summed E-state index contributed by atoms with van der Waals surface area (Å²) in [6.07, 6.45) is 3.56. The topological polar surface area (TPSA) is 59.0 Å². The van der Waals surface area contributed by atoms with Gasteiger partial charge in [-0.05, 0) is 26.1 Å². The Hall–Kier alpha value is -1.79. The van der Waals surface area contributed by atoms with Crippen molar-refractivity contribution in [3.63, 3.8) is 0 Å². The van der Waals surface area contributed by atoms with E-state index >= 15 is 0 Å². The van der Waals surface area contributed by atoms with Gasteiger partial charge in [-0.3, -0.25) is 9.48 Å². The number of hydrogen-bond acceptors (Lipinski definition) is 4. The van der Waals surface area contributed by atoms with E-state index in [1.54, 1.807) is 29.7 Å². The molecule has 0 aliphatic heterocycles. The first-order valence-corrected chi connectivity index (χ1v) is 8.21. The SMILES string of the molecule is CNC(C(=O)NCCSc1ccc(C)cc1)c1cnn(C)c1. The number of aryl methyl sites for hydroxylation is 2. The van der Waals surface area contributed by atoms with Gasteiger partial charge < -0.3 is 10.6 Å². The molecule has 0 saturated heterocycles. The van der Waals surface area contributed by atoms with Crippen LogP contribution in [-0.2, 0) is 11.8 Å². The molecule has 1 unspecified atom stereocenters. The predicted molar refractivity (Wildman–Crippen MR) is 89.9 cm³/mol. The Morgan fingerprint density at radius 2 is 2.09 bits per heavy atom. The number of carbonyl (C=O) groups is 1. The first-order valence-electron chi connectivity index (χ1n) is 7.23. The van der Waals surface area contributed by atoms with Gasteiger partial charge in [-0.2, -0.15) is 5.10 Å². The van der Waals surface area contributed by atoms with Crippen LogP contribution in [0.4, 0.5) is 0 Å². The van der Waals surface area contributed by atoms with Crippen LogP contribution >= 0.6 is 11.8 Å². The van der Waals surface area contributed by atoms with Crippen LogP contribution in [0.2, 0.25) is 0 Å². The molecule has 2 N–H and O–H groups in total. The lowest BCUT2D eigenvalue weighted by molar-refractivity contribution is -0.123. The van der Waals surface area contributed by atoms with E-state index in [4.69, 9.17) is 0 Å². The summed E-state index contributed by atoms with van der Waals surface area (Å²) < 4.78 is 1.69. The molecule has 0 spiro atoms. The first-order chi connectivity index (χ1) is 10.6. The quantitative estimate of drug-likeness (QED) is 0.605. The van der Waals surface area contributed by atoms with Crippen LogP contribution in [0.15, 0.2) is 41.6 Å². The van der Waals surface area contributed by atoms with E-state index in [-0.39, 0.29) is 11.9 Å². The molecule has 0 bridgehead atoms. The smallest absolute Gasteiger partial charge is 0.241 e. The van der Waals surface area contributed by atoms with Crippen molar-refractivity contribution in [1.29, 1.82) is 0 Å². The second-order valence-corrected chi connectivity index (χ2v) is 6.29. The van der Waals surface area contributed by atoms with E-state index in [1.807, 2.05) is 13.2 Å². The van der Waals surface area contributed by atoms with Crippen molar-refractivity contribution in [3.8, 4) is 0 Å². The highest BCUT2D eigenvalue weighted by molar-refractivity contribution is 7.99. The fourth-order valence-electron chi connectivity index (χ4n) is 2.12. The molecule has 1 atom stereocenters. The van der Waals surface area contributed by atoms with E-state index in [9.17, 15) is 4.79 Å². The maximum Gasteiger partial charge on any atom is 0.241 e. The van der Waals surface area contributed by atoms with Crippen LogP contribution in [0.25, 0.3) is 0 Å². The van der Waals surface area contributed by atoms with Gasteiger partial charge in [0.1, 0.15) is 6.04 Å². The standard InChI is InChI=1S/C16H22N4OS/c1-12-4-6-14(7-5-12)22-9-8-18-16(21)15(17-2)13-10-19-20(3)11-13/h4-7,10-11,15,17H,8-9H2,1-3H3,(H,18,21). The number of benzene rings is 1. The summed E-state index contributed by atoms with van der Waals surface area (Å²) in [7, 11) is 3.62. The molecular formula is C16H22N4OS. The van der Waals surface area contributed by atoms with Crippen LogP contribution in [0.1, 0.15) is 17.2 Å². The van der Waals surface area contributed by atoms with Crippen molar-refractivity contribution in [2.24, 2.45) is 7.05 Å². The van der Waals surface area contributed by atoms with E-state index < -0.39 is 0 Å². The third-order valence-electron chi connectivity index (χ3n) is 3.30. The Kier molecular flexibility index (Phi) is 6.03. The first kappa shape index (κ1) is 16.6. The Morgan fingerprint density at radius 1 is 1.36 bits per heavy atom. The molecule has 0 radical (unpaired) electrons. The maximum absolute atomic E-state index is 12.2. The molecule has 22 heavy (non-hydrogen) atoms. The highest BCUT2D eigenvalue weighted by Gasteiger charge is 2.19. The summed E-state index contributed by atoms with van der Waals surface area (Å²) in [5.74, 6) is 0.818. The summed E-state index contributed by atoms with van der Waals surface area (Å²) in [5, 5.41) is 10.1. The normalized spacial score (nSPS) is 12.1. The Labute approximate surface area is 135 Å². The molecule has 2 rings (SSSR count). The molecular weight excluding hydrogens is 296 g/mol. The second kappa shape index (κ2) is 8.00. The summed E-state index contributed by atoms with van der Waals surface area (Å²) in [6, 6.07) is 8.04. The minimum absolute atomic E-state index is 0.0278. The van der Waals surface area contributed by atoms with Crippen LogP contribution in [0.5, 0.6) is 0 Å². The minimum atomic E-state index is -0.363. The number of nitrogens with one attached hydrogen (secondary N) is 2. The number of hydrogen-bond donors (Lipinski definition) is 2. The molecule has 5 nitrogen and oxygen atoms in total. The predicted octanol–water partition coefficient (Wildman–Crippen LogP) is 1.90. The van der Waals surface area contributed by atoms with Gasteiger partial charge in [0.2, 0.25) is 5.91 Å². The van der Waals surface area contributed by atoms with E-state index in [1.165, 1.54) is 10.5 Å². The number of thioether (sulfide) groups is 1. The molecule has 1 aromatic heterocycles. The van der Waals surface area contributed by atoms with Crippen LogP contribution in [0, 0.1) is 6.92 Å². The third kappa shape index (κ3) is 4.61. The Bertz CT molecular complexity index is 609. The maximum atomic E-state index is 12.2. The highest BCUT2D eigenvalue weighted by Crippen LogP contribution is 2.17. The molecule has 6 heteroatoms. The molecule has 1 amide bonds. The third-order valence-corrected chi connectivity index (χ3v) is 4.31. The molecule has 1 heterocycles. The van der Waals surface area contributed by atoms with Gasteiger partial charge in [0.15, 0.2) is 0 Å². The van der Waals surface area contributed by atoms with Crippen LogP contribution in [0.3, 0.4) is 0 Å². The molecule has 0 aliphatic carbocycles. The zero-order valence-electron chi connectivity index (χ0n) is 13.2. The molecule has 0 fully saturated rings. The average molecular weight is 318 g/mol. The van der Waals surface area contributed by atoms with E-state index in [0.717, 1.165) is 11.3 Å². The fraction of sp³-hybridized carbons (Fsp3) is 0.375. The van der Waals surface area contributed by atoms with E-state index in [0.29, 0.717) is 6.54 Å². The monoisotopic (exact) mass is 318 g/mol. The van der Waals surface area contributed by atoms with Gasteiger partial charge in [0.25, 0.3) is 0 Å². The lowest BCUT2D eigenvalue weighted by Crippen LogP contribution is -2.36. The van der Waals surface area contributed by atoms with Gasteiger partial charge in [0.05, 0.1) is 6.20 Å². The summed E-state index contributed by atoms with van der Waals surface area (Å²) in [4.78, 5) is 13.4. The molecule has 118 valence electrons. The molecule has 0 aliphatic rings. The number of carbonyl (C=O) groups excluding carboxylic acids is 1. The lowest BCUT2D eigenvalue weighted by atomic mass is 10.1. The zero-order chi connectivity index (χ0) is 15.9. The number of likely N-dealkylation sites (N-methyl/N-ethyl adjacent to an activating group) is 1. The van der Waals surface area contributed by atoms with Gasteiger partial charge in [0, 0.05) is 36.0 Å². The van der Waals surface area contributed by atoms with E-state index in [2.05, 4.69) is 46.9 Å². The minimum Gasteiger partial charge on any atom is -0.354 e. The van der Waals surface area contributed by atoms with Crippen molar-refractivity contribution < 1.29 is 4.79 Å². The van der Waals surface area contributed by atoms with Crippen molar-refractivity contribution in [2.75, 3.05) is 19.3 Å². The Morgan fingerprint density at radius 3 is 2.68 bits per heavy atom. The lowest BCUT2D eigenvalue weighted by Gasteiger charge is -2.14. The number of amides is 1. The van der Waals surface area contributed by atoms with Gasteiger partial charge in [-0.25, -0.2) is 0 Å². The molecule has 1 aromatic carbocycles. The Balaban J connectivity index is 1.78. The molecule has 2 aromatic rings. The van der Waals surface area contributed by atoms with Crippen LogP contribution in [-0.4, -0.2) is 35.0 Å². The number of nitrogens with zero attached hydrogens (tertiary/aromatic N) is 2. The van der Waals surface area contributed by atoms with Crippen LogP contribution < -0.4 is 10.6 Å². The summed E-state index contributed by atoms with van der Waals surface area (Å²) >= 11 is 1.74. The zero-order valence-corrected chi connectivity index (χ0v) is 14.0. The summed E-state index contributed by atoms with van der Waals surface area (Å²) in [6.45, 7) is 2.71. The fourth-order valence-corrected chi connectivity index (χ4v) is 2.89. The average Bonchev–Trinajstić information content (AvgIpc) is 2.92. The van der Waals surface area contributed by atoms with Crippen molar-refractivity contribution in [2.45, 2.75) is 17.9 Å².